The Morgan fingerprint density at radius 3 is 2.53 bits per heavy atom. The average molecular weight is 209 g/mol. The summed E-state index contributed by atoms with van der Waals surface area (Å²) in [4.78, 5) is 6.72. The number of aromatic nitrogens is 2. The van der Waals surface area contributed by atoms with Crippen LogP contribution < -0.4 is 0 Å². The summed E-state index contributed by atoms with van der Waals surface area (Å²) >= 11 is 0. The molecular formula is C12H23N3. The lowest BCUT2D eigenvalue weighted by atomic mass is 10.4. The summed E-state index contributed by atoms with van der Waals surface area (Å²) in [6, 6.07) is 0. The molecule has 0 unspecified atom stereocenters. The Bertz CT molecular complexity index is 289. The number of rotatable bonds is 1. The van der Waals surface area contributed by atoms with E-state index in [1.165, 1.54) is 18.7 Å². The monoisotopic (exact) mass is 209 g/mol. The van der Waals surface area contributed by atoms with Crippen LogP contribution in [0.4, 0.5) is 0 Å². The second-order valence-electron chi connectivity index (χ2n) is 4.23. The van der Waals surface area contributed by atoms with E-state index in [1.54, 1.807) is 0 Å². The molecule has 86 valence electrons. The Morgan fingerprint density at radius 1 is 1.27 bits per heavy atom. The predicted octanol–water partition coefficient (Wildman–Crippen LogP) is 2.44. The van der Waals surface area contributed by atoms with E-state index in [0.717, 1.165) is 25.3 Å². The normalized spacial score (nSPS) is 15.5. The van der Waals surface area contributed by atoms with Gasteiger partial charge in [0, 0.05) is 19.3 Å². The van der Waals surface area contributed by atoms with Crippen molar-refractivity contribution in [2.75, 3.05) is 13.6 Å². The molecule has 0 saturated carbocycles. The van der Waals surface area contributed by atoms with Crippen molar-refractivity contribution < 1.29 is 0 Å². The van der Waals surface area contributed by atoms with E-state index in [0.29, 0.717) is 0 Å². The first-order chi connectivity index (χ1) is 7.17. The van der Waals surface area contributed by atoms with Crippen molar-refractivity contribution in [1.82, 2.24) is 14.5 Å². The summed E-state index contributed by atoms with van der Waals surface area (Å²) in [6.45, 7) is 9.63. The van der Waals surface area contributed by atoms with E-state index in [-0.39, 0.29) is 0 Å². The van der Waals surface area contributed by atoms with Crippen LogP contribution in [0.5, 0.6) is 0 Å². The lowest BCUT2D eigenvalue weighted by Gasteiger charge is -2.22. The van der Waals surface area contributed by atoms with Crippen molar-refractivity contribution in [1.29, 1.82) is 0 Å². The number of hydrogen-bond acceptors (Lipinski definition) is 2. The van der Waals surface area contributed by atoms with Crippen molar-refractivity contribution in [2.24, 2.45) is 0 Å². The quantitative estimate of drug-likeness (QED) is 0.708. The van der Waals surface area contributed by atoms with Crippen LogP contribution in [0.25, 0.3) is 0 Å². The number of fused-ring (bicyclic) bond motifs is 1. The van der Waals surface area contributed by atoms with Gasteiger partial charge >= 0.3 is 0 Å². The first-order valence-electron chi connectivity index (χ1n) is 5.88. The van der Waals surface area contributed by atoms with E-state index < -0.39 is 0 Å². The topological polar surface area (TPSA) is 21.1 Å². The van der Waals surface area contributed by atoms with E-state index in [2.05, 4.69) is 41.5 Å². The molecule has 0 saturated heterocycles. The summed E-state index contributed by atoms with van der Waals surface area (Å²) in [7, 11) is 2.13. The molecule has 1 aromatic rings. The molecule has 0 aliphatic carbocycles. The first-order valence-corrected chi connectivity index (χ1v) is 5.88. The molecule has 0 bridgehead atoms. The summed E-state index contributed by atoms with van der Waals surface area (Å²) in [5.74, 6) is 1.20. The van der Waals surface area contributed by atoms with Crippen LogP contribution in [0.2, 0.25) is 0 Å². The van der Waals surface area contributed by atoms with Gasteiger partial charge in [-0.25, -0.2) is 4.98 Å². The van der Waals surface area contributed by atoms with Gasteiger partial charge in [-0.3, -0.25) is 4.90 Å². The first kappa shape index (κ1) is 12.2. The molecule has 3 nitrogen and oxygen atoms in total. The van der Waals surface area contributed by atoms with Crippen LogP contribution in [-0.2, 0) is 13.1 Å². The van der Waals surface area contributed by atoms with E-state index >= 15 is 0 Å². The highest BCUT2D eigenvalue weighted by Gasteiger charge is 2.13. The zero-order valence-electron chi connectivity index (χ0n) is 10.5. The van der Waals surface area contributed by atoms with Crippen molar-refractivity contribution in [3.63, 3.8) is 0 Å². The van der Waals surface area contributed by atoms with Crippen LogP contribution in [-0.4, -0.2) is 28.0 Å². The third-order valence-corrected chi connectivity index (χ3v) is 2.61. The minimum Gasteiger partial charge on any atom is -0.332 e. The summed E-state index contributed by atoms with van der Waals surface area (Å²) in [5.41, 5.74) is 1.13. The second-order valence-corrected chi connectivity index (χ2v) is 4.23. The molecule has 0 radical (unpaired) electrons. The molecule has 1 aromatic heterocycles. The van der Waals surface area contributed by atoms with Gasteiger partial charge in [-0.05, 0) is 14.0 Å². The minimum absolute atomic E-state index is 0.994. The fourth-order valence-corrected chi connectivity index (χ4v) is 1.52. The van der Waals surface area contributed by atoms with Crippen LogP contribution in [0.1, 0.15) is 38.2 Å². The third-order valence-electron chi connectivity index (χ3n) is 2.61. The van der Waals surface area contributed by atoms with Crippen molar-refractivity contribution in [3.8, 4) is 0 Å². The maximum absolute atomic E-state index is 4.42. The minimum atomic E-state index is 0.994. The Balaban J connectivity index is 0.000000245. The Kier molecular flexibility index (Phi) is 4.82. The van der Waals surface area contributed by atoms with Gasteiger partial charge in [0.1, 0.15) is 5.82 Å². The maximum atomic E-state index is 4.42. The summed E-state index contributed by atoms with van der Waals surface area (Å²) in [6.07, 6.45) is 4.77. The largest absolute Gasteiger partial charge is 0.332 e. The highest BCUT2D eigenvalue weighted by molar-refractivity contribution is 5.03. The van der Waals surface area contributed by atoms with Gasteiger partial charge in [0.2, 0.25) is 0 Å². The highest BCUT2D eigenvalue weighted by atomic mass is 15.2. The van der Waals surface area contributed by atoms with Crippen molar-refractivity contribution in [2.45, 2.75) is 46.7 Å². The molecule has 0 amide bonds. The molecule has 0 spiro atoms. The van der Waals surface area contributed by atoms with E-state index in [4.69, 9.17) is 0 Å². The van der Waals surface area contributed by atoms with Gasteiger partial charge in [0.15, 0.2) is 0 Å². The average Bonchev–Trinajstić information content (AvgIpc) is 2.58. The highest BCUT2D eigenvalue weighted by Crippen LogP contribution is 2.09. The van der Waals surface area contributed by atoms with Crippen molar-refractivity contribution in [3.05, 3.63) is 17.7 Å². The summed E-state index contributed by atoms with van der Waals surface area (Å²) in [5, 5.41) is 0. The van der Waals surface area contributed by atoms with Gasteiger partial charge < -0.3 is 4.57 Å². The maximum Gasteiger partial charge on any atom is 0.123 e. The van der Waals surface area contributed by atoms with Gasteiger partial charge in [0.25, 0.3) is 0 Å². The number of likely N-dealkylation sites (N-methyl/N-ethyl adjacent to an activating group) is 1. The smallest absolute Gasteiger partial charge is 0.123 e. The molecule has 0 N–H and O–H groups in total. The molecule has 2 rings (SSSR count). The molecule has 0 aromatic carbocycles. The van der Waals surface area contributed by atoms with Gasteiger partial charge in [-0.1, -0.05) is 26.7 Å². The van der Waals surface area contributed by atoms with Gasteiger partial charge in [-0.15, -0.1) is 0 Å². The zero-order valence-corrected chi connectivity index (χ0v) is 10.5. The van der Waals surface area contributed by atoms with Crippen LogP contribution in [0.15, 0.2) is 6.20 Å². The lowest BCUT2D eigenvalue weighted by Crippen LogP contribution is -2.30. The van der Waals surface area contributed by atoms with Crippen LogP contribution >= 0.6 is 0 Å². The fourth-order valence-electron chi connectivity index (χ4n) is 1.52. The molecular weight excluding hydrogens is 186 g/mol. The number of nitrogens with zero attached hydrogens (tertiary/aromatic N) is 3. The number of hydrogen-bond donors (Lipinski definition) is 0. The van der Waals surface area contributed by atoms with Gasteiger partial charge in [0.05, 0.1) is 12.2 Å². The standard InChI is InChI=1S/C8H13N3.C4H10/c1-7-5-11-4-3-10(2)6-8(11)9-7;1-3-4-2/h5H,3-4,6H2,1-2H3;3-4H2,1-2H3. The molecule has 0 fully saturated rings. The van der Waals surface area contributed by atoms with Crippen LogP contribution in [0.3, 0.4) is 0 Å². The molecule has 15 heavy (non-hydrogen) atoms. The fraction of sp³-hybridized carbons (Fsp3) is 0.750. The Labute approximate surface area is 93.1 Å². The molecule has 3 heteroatoms. The predicted molar refractivity (Wildman–Crippen MR) is 63.9 cm³/mol. The Morgan fingerprint density at radius 2 is 1.93 bits per heavy atom. The van der Waals surface area contributed by atoms with Crippen molar-refractivity contribution >= 4 is 0 Å². The molecule has 2 heterocycles. The number of unbranched alkanes of at least 4 members (excludes halogenated alkanes) is 1. The molecule has 0 atom stereocenters. The lowest BCUT2D eigenvalue weighted by molar-refractivity contribution is 0.264. The number of imidazole rings is 1. The third kappa shape index (κ3) is 3.67. The Hall–Kier alpha value is -0.830. The number of aryl methyl sites for hydroxylation is 1. The SMILES string of the molecule is CCCC.Cc1cn2c(n1)CN(C)CC2. The van der Waals surface area contributed by atoms with E-state index in [9.17, 15) is 0 Å². The summed E-state index contributed by atoms with van der Waals surface area (Å²) < 4.78 is 2.25. The molecule has 1 aliphatic rings. The van der Waals surface area contributed by atoms with Crippen LogP contribution in [0, 0.1) is 6.92 Å². The second kappa shape index (κ2) is 5.91. The molecule has 1 aliphatic heterocycles. The zero-order chi connectivity index (χ0) is 11.3. The van der Waals surface area contributed by atoms with Gasteiger partial charge in [-0.2, -0.15) is 0 Å². The van der Waals surface area contributed by atoms with E-state index in [1.807, 2.05) is 6.92 Å².